The van der Waals surface area contributed by atoms with Crippen molar-refractivity contribution in [2.75, 3.05) is 25.0 Å². The van der Waals surface area contributed by atoms with E-state index in [0.717, 1.165) is 25.5 Å². The minimum absolute atomic E-state index is 0.338. The molecule has 0 spiro atoms. The standard InChI is InChI=1S/C16H19N7/c1-2-6-13(7-3-1)14(22-8-4-5-9-22)10-18-15-11-17-12-16-19-20-21-23(15)16/h1-3,6-7,11-12,14,18H,4-5,8-10H2. The molecular formula is C16H19N7. The molecule has 1 unspecified atom stereocenters. The fourth-order valence-corrected chi connectivity index (χ4v) is 3.18. The fourth-order valence-electron chi connectivity index (χ4n) is 3.18. The Morgan fingerprint density at radius 3 is 2.74 bits per heavy atom. The number of hydrogen-bond donors (Lipinski definition) is 1. The SMILES string of the molecule is c1ccc(C(CNc2cncc3nnnn23)N2CCCC2)cc1. The minimum atomic E-state index is 0.338. The molecule has 1 saturated heterocycles. The first-order valence-electron chi connectivity index (χ1n) is 7.97. The summed E-state index contributed by atoms with van der Waals surface area (Å²) in [5.41, 5.74) is 1.98. The topological polar surface area (TPSA) is 71.2 Å². The summed E-state index contributed by atoms with van der Waals surface area (Å²) in [5.74, 6) is 0.813. The first kappa shape index (κ1) is 14.1. The molecule has 2 aromatic heterocycles. The summed E-state index contributed by atoms with van der Waals surface area (Å²) in [6.45, 7) is 3.09. The monoisotopic (exact) mass is 309 g/mol. The molecule has 1 aromatic carbocycles. The molecule has 0 saturated carbocycles. The first-order chi connectivity index (χ1) is 11.4. The van der Waals surface area contributed by atoms with Gasteiger partial charge in [-0.05, 0) is 41.9 Å². The molecule has 3 aromatic rings. The number of anilines is 1. The minimum Gasteiger partial charge on any atom is -0.367 e. The number of likely N-dealkylation sites (tertiary alicyclic amines) is 1. The first-order valence-corrected chi connectivity index (χ1v) is 7.97. The van der Waals surface area contributed by atoms with Crippen LogP contribution in [0.1, 0.15) is 24.4 Å². The summed E-state index contributed by atoms with van der Waals surface area (Å²) < 4.78 is 1.68. The lowest BCUT2D eigenvalue weighted by Crippen LogP contribution is -2.31. The number of tetrazole rings is 1. The number of nitrogens with zero attached hydrogens (tertiary/aromatic N) is 6. The van der Waals surface area contributed by atoms with E-state index >= 15 is 0 Å². The summed E-state index contributed by atoms with van der Waals surface area (Å²) in [7, 11) is 0. The molecule has 1 aliphatic heterocycles. The molecule has 23 heavy (non-hydrogen) atoms. The highest BCUT2D eigenvalue weighted by atomic mass is 15.5. The lowest BCUT2D eigenvalue weighted by Gasteiger charge is -2.28. The van der Waals surface area contributed by atoms with Gasteiger partial charge in [-0.1, -0.05) is 30.3 Å². The summed E-state index contributed by atoms with van der Waals surface area (Å²) in [4.78, 5) is 6.73. The lowest BCUT2D eigenvalue weighted by atomic mass is 10.1. The normalized spacial score (nSPS) is 16.7. The Kier molecular flexibility index (Phi) is 3.85. The van der Waals surface area contributed by atoms with Crippen LogP contribution in [0.2, 0.25) is 0 Å². The van der Waals surface area contributed by atoms with Gasteiger partial charge < -0.3 is 5.32 Å². The van der Waals surface area contributed by atoms with Crippen LogP contribution in [0.15, 0.2) is 42.7 Å². The van der Waals surface area contributed by atoms with E-state index in [4.69, 9.17) is 0 Å². The third-order valence-electron chi connectivity index (χ3n) is 4.35. The van der Waals surface area contributed by atoms with Crippen LogP contribution in [-0.2, 0) is 0 Å². The average Bonchev–Trinajstić information content (AvgIpc) is 3.28. The van der Waals surface area contributed by atoms with Crippen molar-refractivity contribution < 1.29 is 0 Å². The zero-order valence-corrected chi connectivity index (χ0v) is 12.8. The van der Waals surface area contributed by atoms with E-state index in [0.29, 0.717) is 11.7 Å². The Morgan fingerprint density at radius 1 is 1.09 bits per heavy atom. The number of benzene rings is 1. The number of aromatic nitrogens is 5. The number of hydrogen-bond acceptors (Lipinski definition) is 6. The largest absolute Gasteiger partial charge is 0.367 e. The predicted octanol–water partition coefficient (Wildman–Crippen LogP) is 1.77. The maximum Gasteiger partial charge on any atom is 0.199 e. The smallest absolute Gasteiger partial charge is 0.199 e. The van der Waals surface area contributed by atoms with Crippen molar-refractivity contribution in [2.24, 2.45) is 0 Å². The van der Waals surface area contributed by atoms with E-state index in [1.54, 1.807) is 16.9 Å². The van der Waals surface area contributed by atoms with Gasteiger partial charge in [-0.2, -0.15) is 4.52 Å². The van der Waals surface area contributed by atoms with Crippen LogP contribution in [-0.4, -0.2) is 49.6 Å². The number of nitrogens with one attached hydrogen (secondary N) is 1. The van der Waals surface area contributed by atoms with Gasteiger partial charge in [0.1, 0.15) is 5.82 Å². The Bertz CT molecular complexity index is 764. The molecule has 0 bridgehead atoms. The molecule has 0 radical (unpaired) electrons. The maximum atomic E-state index is 4.19. The second-order valence-electron chi connectivity index (χ2n) is 5.79. The molecule has 7 nitrogen and oxygen atoms in total. The van der Waals surface area contributed by atoms with Crippen molar-refractivity contribution in [3.63, 3.8) is 0 Å². The predicted molar refractivity (Wildman–Crippen MR) is 87.1 cm³/mol. The molecule has 4 rings (SSSR count). The summed E-state index contributed by atoms with van der Waals surface area (Å²) in [6, 6.07) is 11.0. The van der Waals surface area contributed by atoms with Crippen molar-refractivity contribution in [1.82, 2.24) is 29.9 Å². The van der Waals surface area contributed by atoms with Gasteiger partial charge in [0.2, 0.25) is 0 Å². The second-order valence-corrected chi connectivity index (χ2v) is 5.79. The summed E-state index contributed by atoms with van der Waals surface area (Å²) >= 11 is 0. The zero-order chi connectivity index (χ0) is 15.5. The highest BCUT2D eigenvalue weighted by molar-refractivity contribution is 5.44. The Labute approximate surface area is 134 Å². The molecule has 7 heteroatoms. The van der Waals surface area contributed by atoms with Gasteiger partial charge in [0, 0.05) is 6.54 Å². The Morgan fingerprint density at radius 2 is 1.91 bits per heavy atom. The van der Waals surface area contributed by atoms with Crippen LogP contribution in [0.3, 0.4) is 0 Å². The van der Waals surface area contributed by atoms with Crippen molar-refractivity contribution >= 4 is 11.5 Å². The van der Waals surface area contributed by atoms with E-state index in [-0.39, 0.29) is 0 Å². The van der Waals surface area contributed by atoms with Gasteiger partial charge in [0.15, 0.2) is 5.65 Å². The van der Waals surface area contributed by atoms with Crippen LogP contribution in [0.5, 0.6) is 0 Å². The summed E-state index contributed by atoms with van der Waals surface area (Å²) in [6.07, 6.45) is 5.96. The fraction of sp³-hybridized carbons (Fsp3) is 0.375. The van der Waals surface area contributed by atoms with Crippen LogP contribution in [0, 0.1) is 0 Å². The molecule has 0 amide bonds. The van der Waals surface area contributed by atoms with E-state index in [9.17, 15) is 0 Å². The van der Waals surface area contributed by atoms with Crippen molar-refractivity contribution in [2.45, 2.75) is 18.9 Å². The average molecular weight is 309 g/mol. The van der Waals surface area contributed by atoms with Crippen molar-refractivity contribution in [3.05, 3.63) is 48.3 Å². The van der Waals surface area contributed by atoms with Crippen molar-refractivity contribution in [1.29, 1.82) is 0 Å². The van der Waals surface area contributed by atoms with Gasteiger partial charge in [-0.25, -0.2) is 0 Å². The van der Waals surface area contributed by atoms with Crippen LogP contribution in [0.25, 0.3) is 5.65 Å². The van der Waals surface area contributed by atoms with E-state index in [1.807, 2.05) is 0 Å². The zero-order valence-electron chi connectivity index (χ0n) is 12.8. The third-order valence-corrected chi connectivity index (χ3v) is 4.35. The Balaban J connectivity index is 1.57. The third kappa shape index (κ3) is 2.87. The second kappa shape index (κ2) is 6.29. The molecule has 1 atom stereocenters. The van der Waals surface area contributed by atoms with E-state index < -0.39 is 0 Å². The molecule has 118 valence electrons. The van der Waals surface area contributed by atoms with Crippen LogP contribution >= 0.6 is 0 Å². The lowest BCUT2D eigenvalue weighted by molar-refractivity contribution is 0.256. The van der Waals surface area contributed by atoms with Gasteiger partial charge in [-0.15, -0.1) is 5.10 Å². The van der Waals surface area contributed by atoms with Crippen molar-refractivity contribution in [3.8, 4) is 0 Å². The molecule has 1 aliphatic rings. The van der Waals surface area contributed by atoms with Gasteiger partial charge >= 0.3 is 0 Å². The van der Waals surface area contributed by atoms with Crippen LogP contribution < -0.4 is 5.32 Å². The maximum absolute atomic E-state index is 4.19. The molecule has 1 N–H and O–H groups in total. The van der Waals surface area contributed by atoms with Gasteiger partial charge in [-0.3, -0.25) is 9.88 Å². The molecule has 1 fully saturated rings. The van der Waals surface area contributed by atoms with Crippen LogP contribution in [0.4, 0.5) is 5.82 Å². The number of fused-ring (bicyclic) bond motifs is 1. The molecule has 3 heterocycles. The van der Waals surface area contributed by atoms with E-state index in [2.05, 4.69) is 61.1 Å². The van der Waals surface area contributed by atoms with Gasteiger partial charge in [0.05, 0.1) is 18.4 Å². The van der Waals surface area contributed by atoms with E-state index in [1.165, 1.54) is 18.4 Å². The highest BCUT2D eigenvalue weighted by Crippen LogP contribution is 2.25. The highest BCUT2D eigenvalue weighted by Gasteiger charge is 2.23. The Hall–Kier alpha value is -2.54. The number of rotatable bonds is 5. The van der Waals surface area contributed by atoms with Gasteiger partial charge in [0.25, 0.3) is 0 Å². The quantitative estimate of drug-likeness (QED) is 0.774. The molecule has 0 aliphatic carbocycles. The molecular weight excluding hydrogens is 290 g/mol. The summed E-state index contributed by atoms with van der Waals surface area (Å²) in [5, 5.41) is 15.1.